The number of anilines is 1. The third-order valence-corrected chi connectivity index (χ3v) is 2.65. The number of amides is 1. The maximum atomic E-state index is 12.8. The molecule has 1 aromatic rings. The monoisotopic (exact) mass is 438 g/mol. The van der Waals surface area contributed by atoms with Crippen molar-refractivity contribution in [2.24, 2.45) is 4.99 Å². The maximum Gasteiger partial charge on any atom is 0.246 e. The number of nitrogens with zero attached hydrogens (tertiary/aromatic N) is 1. The quantitative estimate of drug-likeness (QED) is 0.346. The Kier molecular flexibility index (Phi) is 11.3. The van der Waals surface area contributed by atoms with E-state index in [4.69, 9.17) is 4.74 Å². The van der Waals surface area contributed by atoms with Crippen LogP contribution in [0.4, 0.5) is 10.1 Å². The zero-order chi connectivity index (χ0) is 16.4. The summed E-state index contributed by atoms with van der Waals surface area (Å²) in [4.78, 5) is 16.0. The first kappa shape index (κ1) is 21.6. The molecule has 0 saturated carbocycles. The minimum Gasteiger partial charge on any atom is -0.383 e. The first-order chi connectivity index (χ1) is 10.5. The number of carbonyl (C=O) groups is 1. The van der Waals surface area contributed by atoms with E-state index in [-0.39, 0.29) is 48.3 Å². The minimum atomic E-state index is -0.346. The second kappa shape index (κ2) is 12.1. The molecule has 130 valence electrons. The van der Waals surface area contributed by atoms with Crippen molar-refractivity contribution in [2.75, 3.05) is 32.1 Å². The number of carbonyl (C=O) groups excluding carboxylic acids is 1. The second-order valence-electron chi connectivity index (χ2n) is 4.75. The SMILES string of the molecule is CCNC(=NCC(=O)Nc1ccc(F)cc1)NC(C)COC.I. The minimum absolute atomic E-state index is 0. The van der Waals surface area contributed by atoms with E-state index in [9.17, 15) is 9.18 Å². The molecule has 1 rings (SSSR count). The highest BCUT2D eigenvalue weighted by Crippen LogP contribution is 2.07. The average molecular weight is 438 g/mol. The van der Waals surface area contributed by atoms with E-state index in [0.29, 0.717) is 24.8 Å². The Balaban J connectivity index is 0.00000484. The van der Waals surface area contributed by atoms with Gasteiger partial charge in [0.05, 0.1) is 6.61 Å². The van der Waals surface area contributed by atoms with Gasteiger partial charge < -0.3 is 20.7 Å². The third kappa shape index (κ3) is 9.34. The van der Waals surface area contributed by atoms with Crippen molar-refractivity contribution in [1.82, 2.24) is 10.6 Å². The fourth-order valence-corrected chi connectivity index (χ4v) is 1.73. The molecule has 0 aliphatic heterocycles. The van der Waals surface area contributed by atoms with Crippen molar-refractivity contribution >= 4 is 41.5 Å². The summed E-state index contributed by atoms with van der Waals surface area (Å²) in [5.74, 6) is -0.0775. The molecular formula is C15H24FIN4O2. The fraction of sp³-hybridized carbons (Fsp3) is 0.467. The van der Waals surface area contributed by atoms with E-state index >= 15 is 0 Å². The van der Waals surface area contributed by atoms with E-state index < -0.39 is 0 Å². The van der Waals surface area contributed by atoms with Crippen LogP contribution in [0.1, 0.15) is 13.8 Å². The fourth-order valence-electron chi connectivity index (χ4n) is 1.73. The molecule has 0 fully saturated rings. The number of nitrogens with one attached hydrogen (secondary N) is 3. The maximum absolute atomic E-state index is 12.8. The summed E-state index contributed by atoms with van der Waals surface area (Å²) in [5.41, 5.74) is 0.535. The zero-order valence-corrected chi connectivity index (χ0v) is 15.9. The van der Waals surface area contributed by atoms with Crippen LogP contribution in [0.15, 0.2) is 29.3 Å². The highest BCUT2D eigenvalue weighted by atomic mass is 127. The Bertz CT molecular complexity index is 497. The predicted molar refractivity (Wildman–Crippen MR) is 101 cm³/mol. The van der Waals surface area contributed by atoms with Crippen LogP contribution in [-0.2, 0) is 9.53 Å². The molecule has 8 heteroatoms. The number of guanidine groups is 1. The summed E-state index contributed by atoms with van der Waals surface area (Å²) < 4.78 is 17.8. The lowest BCUT2D eigenvalue weighted by Crippen LogP contribution is -2.44. The first-order valence-corrected chi connectivity index (χ1v) is 7.14. The van der Waals surface area contributed by atoms with Crippen molar-refractivity contribution in [3.05, 3.63) is 30.1 Å². The molecule has 1 atom stereocenters. The predicted octanol–water partition coefficient (Wildman–Crippen LogP) is 1.97. The highest BCUT2D eigenvalue weighted by Gasteiger charge is 2.06. The number of hydrogen-bond donors (Lipinski definition) is 3. The topological polar surface area (TPSA) is 74.8 Å². The van der Waals surface area contributed by atoms with Gasteiger partial charge in [-0.2, -0.15) is 0 Å². The number of rotatable bonds is 7. The molecule has 1 aromatic carbocycles. The van der Waals surface area contributed by atoms with Crippen molar-refractivity contribution in [3.63, 3.8) is 0 Å². The lowest BCUT2D eigenvalue weighted by Gasteiger charge is -2.16. The van der Waals surface area contributed by atoms with E-state index in [0.717, 1.165) is 0 Å². The van der Waals surface area contributed by atoms with Gasteiger partial charge in [-0.1, -0.05) is 0 Å². The van der Waals surface area contributed by atoms with Crippen LogP contribution >= 0.6 is 24.0 Å². The van der Waals surface area contributed by atoms with Gasteiger partial charge in [0.1, 0.15) is 12.4 Å². The molecule has 1 unspecified atom stereocenters. The molecule has 0 bridgehead atoms. The summed E-state index contributed by atoms with van der Waals surface area (Å²) >= 11 is 0. The van der Waals surface area contributed by atoms with Crippen LogP contribution in [0.3, 0.4) is 0 Å². The second-order valence-corrected chi connectivity index (χ2v) is 4.75. The van der Waals surface area contributed by atoms with Crippen LogP contribution in [0, 0.1) is 5.82 Å². The molecule has 23 heavy (non-hydrogen) atoms. The van der Waals surface area contributed by atoms with Gasteiger partial charge in [0, 0.05) is 25.4 Å². The standard InChI is InChI=1S/C15H23FN4O2.HI/c1-4-17-15(19-11(2)10-22-3)18-9-14(21)20-13-7-5-12(16)6-8-13;/h5-8,11H,4,9-10H2,1-3H3,(H,20,21)(H2,17,18,19);1H. The Morgan fingerprint density at radius 2 is 2.00 bits per heavy atom. The van der Waals surface area contributed by atoms with Crippen molar-refractivity contribution in [3.8, 4) is 0 Å². The van der Waals surface area contributed by atoms with Gasteiger partial charge in [-0.3, -0.25) is 4.79 Å². The van der Waals surface area contributed by atoms with Gasteiger partial charge >= 0.3 is 0 Å². The van der Waals surface area contributed by atoms with Gasteiger partial charge in [-0.25, -0.2) is 9.38 Å². The van der Waals surface area contributed by atoms with Crippen molar-refractivity contribution < 1.29 is 13.9 Å². The Labute approximate surface area is 153 Å². The van der Waals surface area contributed by atoms with Crippen LogP contribution in [-0.4, -0.2) is 44.7 Å². The first-order valence-electron chi connectivity index (χ1n) is 7.14. The van der Waals surface area contributed by atoms with E-state index in [2.05, 4.69) is 20.9 Å². The van der Waals surface area contributed by atoms with Crippen LogP contribution in [0.25, 0.3) is 0 Å². The molecule has 0 heterocycles. The number of ether oxygens (including phenoxy) is 1. The summed E-state index contributed by atoms with van der Waals surface area (Å²) in [6.07, 6.45) is 0. The molecular weight excluding hydrogens is 414 g/mol. The molecule has 0 saturated heterocycles. The van der Waals surface area contributed by atoms with Crippen LogP contribution in [0.2, 0.25) is 0 Å². The third-order valence-electron chi connectivity index (χ3n) is 2.65. The van der Waals surface area contributed by atoms with E-state index in [1.807, 2.05) is 13.8 Å². The van der Waals surface area contributed by atoms with Crippen molar-refractivity contribution in [2.45, 2.75) is 19.9 Å². The molecule has 3 N–H and O–H groups in total. The molecule has 0 radical (unpaired) electrons. The molecule has 1 amide bonds. The summed E-state index contributed by atoms with van der Waals surface area (Å²) in [5, 5.41) is 8.83. The lowest BCUT2D eigenvalue weighted by atomic mass is 10.3. The van der Waals surface area contributed by atoms with Gasteiger partial charge in [0.25, 0.3) is 0 Å². The van der Waals surface area contributed by atoms with Gasteiger partial charge in [0.2, 0.25) is 5.91 Å². The number of aliphatic imine (C=N–C) groups is 1. The van der Waals surface area contributed by atoms with Crippen LogP contribution < -0.4 is 16.0 Å². The summed E-state index contributed by atoms with van der Waals surface area (Å²) in [6.45, 7) is 5.08. The zero-order valence-electron chi connectivity index (χ0n) is 13.6. The number of halogens is 2. The largest absolute Gasteiger partial charge is 0.383 e. The molecule has 0 aliphatic carbocycles. The lowest BCUT2D eigenvalue weighted by molar-refractivity contribution is -0.114. The smallest absolute Gasteiger partial charge is 0.246 e. The van der Waals surface area contributed by atoms with Gasteiger partial charge in [-0.15, -0.1) is 24.0 Å². The Morgan fingerprint density at radius 1 is 1.35 bits per heavy atom. The average Bonchev–Trinajstić information content (AvgIpc) is 2.48. The van der Waals surface area contributed by atoms with Crippen LogP contribution in [0.5, 0.6) is 0 Å². The normalized spacial score (nSPS) is 12.1. The number of hydrogen-bond acceptors (Lipinski definition) is 3. The summed E-state index contributed by atoms with van der Waals surface area (Å²) in [7, 11) is 1.62. The van der Waals surface area contributed by atoms with Gasteiger partial charge in [-0.05, 0) is 38.1 Å². The Hall–Kier alpha value is -1.42. The molecule has 0 aliphatic rings. The molecule has 6 nitrogen and oxygen atoms in total. The van der Waals surface area contributed by atoms with Crippen molar-refractivity contribution in [1.29, 1.82) is 0 Å². The van der Waals surface area contributed by atoms with E-state index in [1.165, 1.54) is 24.3 Å². The Morgan fingerprint density at radius 3 is 2.57 bits per heavy atom. The summed E-state index contributed by atoms with van der Waals surface area (Å²) in [6, 6.07) is 5.65. The number of benzene rings is 1. The number of methoxy groups -OCH3 is 1. The molecule has 0 spiro atoms. The van der Waals surface area contributed by atoms with E-state index in [1.54, 1.807) is 7.11 Å². The molecule has 0 aromatic heterocycles. The highest BCUT2D eigenvalue weighted by molar-refractivity contribution is 14.0. The van der Waals surface area contributed by atoms with Gasteiger partial charge in [0.15, 0.2) is 5.96 Å².